The molecule has 0 fully saturated rings. The molecule has 0 atom stereocenters. The standard InChI is InChI=1S/C9H7BF3N2O.K/c11-10(12,13)7-2-1-6(9(14)16)8-5(7)3-4-15-8;/h1-4,15H,(H2,14,16);/q-1;+1. The number of primary amides is 1. The quantitative estimate of drug-likeness (QED) is 0.627. The molecule has 17 heavy (non-hydrogen) atoms. The summed E-state index contributed by atoms with van der Waals surface area (Å²) >= 11 is 0. The SMILES string of the molecule is NC(=O)c1ccc([B-](F)(F)F)c2cc[nH]c12.[K+]. The van der Waals surface area contributed by atoms with Crippen LogP contribution in [0.25, 0.3) is 10.9 Å². The molecule has 0 aliphatic rings. The number of halogens is 3. The first-order chi connectivity index (χ1) is 7.41. The van der Waals surface area contributed by atoms with E-state index in [2.05, 4.69) is 4.98 Å². The van der Waals surface area contributed by atoms with E-state index in [1.165, 1.54) is 12.3 Å². The molecule has 0 bridgehead atoms. The number of hydrogen-bond donors (Lipinski definition) is 2. The van der Waals surface area contributed by atoms with Gasteiger partial charge in [-0.1, -0.05) is 17.6 Å². The first-order valence-corrected chi connectivity index (χ1v) is 4.51. The molecule has 3 nitrogen and oxygen atoms in total. The summed E-state index contributed by atoms with van der Waals surface area (Å²) in [7, 11) is 0. The van der Waals surface area contributed by atoms with Crippen LogP contribution in [-0.4, -0.2) is 17.9 Å². The number of hydrogen-bond acceptors (Lipinski definition) is 1. The van der Waals surface area contributed by atoms with E-state index in [0.29, 0.717) is 0 Å². The topological polar surface area (TPSA) is 58.9 Å². The average molecular weight is 266 g/mol. The Morgan fingerprint density at radius 2 is 1.88 bits per heavy atom. The van der Waals surface area contributed by atoms with Crippen LogP contribution in [0, 0.1) is 0 Å². The number of benzene rings is 1. The first kappa shape index (κ1) is 14.8. The summed E-state index contributed by atoms with van der Waals surface area (Å²) in [4.78, 5) is 13.6. The number of carbonyl (C=O) groups is 1. The molecule has 2 aromatic rings. The van der Waals surface area contributed by atoms with Crippen LogP contribution < -0.4 is 62.6 Å². The van der Waals surface area contributed by atoms with Crippen molar-refractivity contribution in [2.45, 2.75) is 0 Å². The van der Waals surface area contributed by atoms with Crippen molar-refractivity contribution in [1.29, 1.82) is 0 Å². The molecule has 8 heteroatoms. The number of nitrogens with two attached hydrogens (primary N) is 1. The molecule has 1 aromatic heterocycles. The Kier molecular flexibility index (Phi) is 4.48. The van der Waals surface area contributed by atoms with E-state index in [-0.39, 0.29) is 67.9 Å². The van der Waals surface area contributed by atoms with Crippen molar-refractivity contribution in [2.24, 2.45) is 5.73 Å². The molecular weight excluding hydrogens is 259 g/mol. The van der Waals surface area contributed by atoms with E-state index in [4.69, 9.17) is 5.73 Å². The van der Waals surface area contributed by atoms with E-state index in [9.17, 15) is 17.7 Å². The van der Waals surface area contributed by atoms with E-state index in [1.807, 2.05) is 0 Å². The Balaban J connectivity index is 0.00000144. The van der Waals surface area contributed by atoms with Gasteiger partial charge in [-0.25, -0.2) is 0 Å². The smallest absolute Gasteiger partial charge is 0.445 e. The second-order valence-electron chi connectivity index (χ2n) is 3.41. The molecule has 2 rings (SSSR count). The molecule has 1 heterocycles. The number of aromatic amines is 1. The zero-order valence-corrected chi connectivity index (χ0v) is 12.1. The van der Waals surface area contributed by atoms with Crippen LogP contribution in [0.15, 0.2) is 24.4 Å². The maximum absolute atomic E-state index is 12.7. The van der Waals surface area contributed by atoms with Crippen LogP contribution in [-0.2, 0) is 0 Å². The third-order valence-electron chi connectivity index (χ3n) is 2.38. The Bertz CT molecular complexity index is 567. The predicted molar refractivity (Wildman–Crippen MR) is 55.5 cm³/mol. The monoisotopic (exact) mass is 266 g/mol. The van der Waals surface area contributed by atoms with E-state index in [0.717, 1.165) is 12.1 Å². The fourth-order valence-electron chi connectivity index (χ4n) is 1.67. The number of rotatable bonds is 2. The van der Waals surface area contributed by atoms with Gasteiger partial charge in [0.15, 0.2) is 0 Å². The molecule has 84 valence electrons. The molecule has 1 amide bonds. The molecule has 3 N–H and O–H groups in total. The second-order valence-corrected chi connectivity index (χ2v) is 3.41. The largest absolute Gasteiger partial charge is 1.00 e. The van der Waals surface area contributed by atoms with Crippen molar-refractivity contribution in [3.63, 3.8) is 0 Å². The Labute approximate surface area is 137 Å². The van der Waals surface area contributed by atoms with Gasteiger partial charge in [-0.3, -0.25) is 4.79 Å². The van der Waals surface area contributed by atoms with Crippen molar-refractivity contribution >= 4 is 29.3 Å². The first-order valence-electron chi connectivity index (χ1n) is 4.51. The fraction of sp³-hybridized carbons (Fsp3) is 0. The summed E-state index contributed by atoms with van der Waals surface area (Å²) < 4.78 is 38.0. The summed E-state index contributed by atoms with van der Waals surface area (Å²) in [6, 6.07) is 3.26. The number of H-pyrrole nitrogens is 1. The molecule has 1 aromatic carbocycles. The van der Waals surface area contributed by atoms with Crippen LogP contribution in [0.4, 0.5) is 12.9 Å². The minimum absolute atomic E-state index is 0. The van der Waals surface area contributed by atoms with E-state index < -0.39 is 18.3 Å². The predicted octanol–water partition coefficient (Wildman–Crippen LogP) is -1.67. The van der Waals surface area contributed by atoms with Gasteiger partial charge in [0.2, 0.25) is 0 Å². The van der Waals surface area contributed by atoms with E-state index in [1.54, 1.807) is 0 Å². The Morgan fingerprint density at radius 3 is 2.41 bits per heavy atom. The maximum atomic E-state index is 12.7. The summed E-state index contributed by atoms with van der Waals surface area (Å²) in [5.74, 6) is -0.756. The third-order valence-corrected chi connectivity index (χ3v) is 2.38. The maximum Gasteiger partial charge on any atom is 1.00 e. The van der Waals surface area contributed by atoms with Gasteiger partial charge in [0.1, 0.15) is 0 Å². The van der Waals surface area contributed by atoms with Crippen molar-refractivity contribution < 1.29 is 69.1 Å². The van der Waals surface area contributed by atoms with E-state index >= 15 is 0 Å². The number of carbonyl (C=O) groups excluding carboxylic acids is 1. The second kappa shape index (κ2) is 5.15. The summed E-state index contributed by atoms with van der Waals surface area (Å²) in [6.07, 6.45) is 1.35. The van der Waals surface area contributed by atoms with Crippen LogP contribution in [0.1, 0.15) is 10.4 Å². The normalized spacial score (nSPS) is 11.2. The van der Waals surface area contributed by atoms with Gasteiger partial charge in [0.05, 0.1) is 11.1 Å². The van der Waals surface area contributed by atoms with Gasteiger partial charge in [-0.15, -0.1) is 0 Å². The van der Waals surface area contributed by atoms with Crippen molar-refractivity contribution in [3.05, 3.63) is 30.0 Å². The summed E-state index contributed by atoms with van der Waals surface area (Å²) in [5, 5.41) is -0.0243. The average Bonchev–Trinajstić information content (AvgIpc) is 2.61. The van der Waals surface area contributed by atoms with Crippen molar-refractivity contribution in [1.82, 2.24) is 4.98 Å². The minimum Gasteiger partial charge on any atom is -0.445 e. The summed E-state index contributed by atoms with van der Waals surface area (Å²) in [5.41, 5.74) is 4.53. The molecule has 0 aliphatic heterocycles. The van der Waals surface area contributed by atoms with Gasteiger partial charge >= 0.3 is 58.4 Å². The molecule has 0 saturated heterocycles. The molecule has 0 spiro atoms. The van der Waals surface area contributed by atoms with Gasteiger partial charge in [0, 0.05) is 6.20 Å². The van der Waals surface area contributed by atoms with Crippen LogP contribution in [0.3, 0.4) is 0 Å². The molecule has 0 unspecified atom stereocenters. The zero-order chi connectivity index (χ0) is 11.9. The third kappa shape index (κ3) is 2.76. The fourth-order valence-corrected chi connectivity index (χ4v) is 1.67. The molecular formula is C9H7BF3KN2O. The number of nitrogens with one attached hydrogen (secondary N) is 1. The van der Waals surface area contributed by atoms with Crippen LogP contribution >= 0.6 is 0 Å². The Morgan fingerprint density at radius 1 is 1.24 bits per heavy atom. The van der Waals surface area contributed by atoms with Gasteiger partial charge in [-0.05, 0) is 11.5 Å². The van der Waals surface area contributed by atoms with Gasteiger partial charge < -0.3 is 23.7 Å². The Hall–Kier alpha value is -0.279. The van der Waals surface area contributed by atoms with Crippen LogP contribution in [0.2, 0.25) is 0 Å². The molecule has 0 saturated carbocycles. The van der Waals surface area contributed by atoms with Crippen molar-refractivity contribution in [2.75, 3.05) is 0 Å². The number of aromatic nitrogens is 1. The van der Waals surface area contributed by atoms with Crippen molar-refractivity contribution in [3.8, 4) is 0 Å². The summed E-state index contributed by atoms with van der Waals surface area (Å²) in [6.45, 7) is -5.10. The van der Waals surface area contributed by atoms with Gasteiger partial charge in [0.25, 0.3) is 5.91 Å². The molecule has 0 radical (unpaired) electrons. The zero-order valence-electron chi connectivity index (χ0n) is 9.01. The minimum atomic E-state index is -5.10. The van der Waals surface area contributed by atoms with Crippen LogP contribution in [0.5, 0.6) is 0 Å². The number of fused-ring (bicyclic) bond motifs is 1. The molecule has 0 aliphatic carbocycles. The van der Waals surface area contributed by atoms with Gasteiger partial charge in [-0.2, -0.15) is 0 Å². The number of amides is 1.